The van der Waals surface area contributed by atoms with Gasteiger partial charge in [0.15, 0.2) is 5.96 Å². The number of rotatable bonds is 12. The van der Waals surface area contributed by atoms with Crippen LogP contribution in [0.5, 0.6) is 0 Å². The molecule has 8 heteroatoms. The molecule has 6 N–H and O–H groups in total. The van der Waals surface area contributed by atoms with Crippen molar-refractivity contribution in [2.75, 3.05) is 6.54 Å². The number of allylic oxidation sites excluding steroid dienone is 1. The first-order valence-corrected chi connectivity index (χ1v) is 23.3. The molecular weight excluding hydrogens is 735 g/mol. The SMILES string of the molecule is C=C1C[C@@]2(CC[C@H](CC[C@]3(O)CCC[C@H](O)C3)C2)[C@@H]2O[C@]2(C)CC[C@H]2[C@@H]1C[C@]2(C)[C@H]1CC[C@H]([C@H](O)NC(N)=NC[C@H](CCc2ccccc2)c2cccc3cocc23)C1. The summed E-state index contributed by atoms with van der Waals surface area (Å²) in [5, 5.41) is 38.5. The molecule has 59 heavy (non-hydrogen) atoms. The number of fused-ring (bicyclic) bond motifs is 4. The van der Waals surface area contributed by atoms with Crippen LogP contribution in [0.4, 0.5) is 0 Å². The van der Waals surface area contributed by atoms with Crippen molar-refractivity contribution in [2.45, 2.75) is 165 Å². The lowest BCUT2D eigenvalue weighted by molar-refractivity contribution is -0.0712. The zero-order valence-electron chi connectivity index (χ0n) is 35.8. The molecule has 9 rings (SSSR count). The van der Waals surface area contributed by atoms with Gasteiger partial charge in [-0.2, -0.15) is 0 Å². The number of aryl methyl sites for hydroxylation is 1. The van der Waals surface area contributed by atoms with E-state index in [-0.39, 0.29) is 34.4 Å². The Morgan fingerprint density at radius 3 is 2.66 bits per heavy atom. The van der Waals surface area contributed by atoms with Gasteiger partial charge in [-0.1, -0.05) is 67.6 Å². The zero-order chi connectivity index (χ0) is 41.0. The third kappa shape index (κ3) is 8.29. The summed E-state index contributed by atoms with van der Waals surface area (Å²) < 4.78 is 12.3. The predicted octanol–water partition coefficient (Wildman–Crippen LogP) is 9.56. The number of nitrogens with one attached hydrogen (secondary N) is 1. The zero-order valence-corrected chi connectivity index (χ0v) is 35.8. The second-order valence-corrected chi connectivity index (χ2v) is 21.1. The molecule has 320 valence electrons. The van der Waals surface area contributed by atoms with Crippen molar-refractivity contribution in [3.63, 3.8) is 0 Å². The maximum atomic E-state index is 11.5. The van der Waals surface area contributed by atoms with E-state index < -0.39 is 11.8 Å². The lowest BCUT2D eigenvalue weighted by Crippen LogP contribution is -2.51. The van der Waals surface area contributed by atoms with E-state index in [2.05, 4.69) is 67.7 Å². The molecule has 5 aliphatic carbocycles. The minimum absolute atomic E-state index is 0.0486. The molecule has 0 amide bonds. The fourth-order valence-electron chi connectivity index (χ4n) is 13.9. The standard InChI is InChI=1S/C51H71N3O5/c1-33-26-50(23-18-35(27-50)19-24-51(57)21-8-12-40(55)28-51)46-49(3,59-46)22-20-44-42(33)29-48(44,2)39-17-16-36(25-39)45(56)54-47(52)53-30-37(15-14-34-9-5-4-6-10-34)41-13-7-11-38-31-58-32-43(38)41/h4-7,9-11,13,31-32,35-37,39-40,42,44-46,55-57H,1,8,12,14-30H2,2-3H3,(H3,52,53,54)/t35-,36+,37+,39+,40+,42-,44+,45+,46-,48-,49-,50-,51-/m1/s1. The van der Waals surface area contributed by atoms with Crippen LogP contribution in [-0.2, 0) is 11.2 Å². The van der Waals surface area contributed by atoms with Crippen molar-refractivity contribution in [2.24, 2.45) is 51.1 Å². The monoisotopic (exact) mass is 806 g/mol. The molecule has 1 spiro atoms. The van der Waals surface area contributed by atoms with Gasteiger partial charge in [0.1, 0.15) is 6.23 Å². The minimum Gasteiger partial charge on any atom is -0.471 e. The van der Waals surface area contributed by atoms with Crippen LogP contribution in [0.15, 0.2) is 82.6 Å². The van der Waals surface area contributed by atoms with Gasteiger partial charge >= 0.3 is 0 Å². The van der Waals surface area contributed by atoms with Gasteiger partial charge < -0.3 is 35.5 Å². The molecule has 6 aliphatic rings. The van der Waals surface area contributed by atoms with Gasteiger partial charge in [0, 0.05) is 41.0 Å². The van der Waals surface area contributed by atoms with E-state index in [1.54, 1.807) is 6.26 Å². The number of benzene rings is 2. The van der Waals surface area contributed by atoms with Gasteiger partial charge in [-0.15, -0.1) is 0 Å². The quantitative estimate of drug-likeness (QED) is 0.0405. The molecule has 13 atom stereocenters. The highest BCUT2D eigenvalue weighted by atomic mass is 16.6. The number of hydrogen-bond acceptors (Lipinski definition) is 6. The molecular formula is C51H71N3O5. The summed E-state index contributed by atoms with van der Waals surface area (Å²) >= 11 is 0. The molecule has 6 fully saturated rings. The molecule has 5 saturated carbocycles. The molecule has 1 saturated heterocycles. The number of ether oxygens (including phenoxy) is 1. The highest BCUT2D eigenvalue weighted by Crippen LogP contribution is 2.69. The molecule has 2 aromatic carbocycles. The van der Waals surface area contributed by atoms with Gasteiger partial charge in [-0.25, -0.2) is 0 Å². The van der Waals surface area contributed by atoms with Crippen molar-refractivity contribution in [3.05, 3.63) is 84.3 Å². The normalized spacial score (nSPS) is 39.4. The highest BCUT2D eigenvalue weighted by molar-refractivity contribution is 5.85. The first-order chi connectivity index (χ1) is 28.4. The van der Waals surface area contributed by atoms with Crippen LogP contribution in [0.3, 0.4) is 0 Å². The van der Waals surface area contributed by atoms with Crippen molar-refractivity contribution < 1.29 is 24.5 Å². The van der Waals surface area contributed by atoms with Gasteiger partial charge in [0.05, 0.1) is 35.9 Å². The largest absolute Gasteiger partial charge is 0.471 e. The Labute approximate surface area is 352 Å². The summed E-state index contributed by atoms with van der Waals surface area (Å²) in [6.45, 7) is 10.3. The molecule has 0 radical (unpaired) electrons. The van der Waals surface area contributed by atoms with Gasteiger partial charge in [0.2, 0.25) is 0 Å². The average Bonchev–Trinajstić information content (AvgIpc) is 3.67. The van der Waals surface area contributed by atoms with Crippen molar-refractivity contribution in [1.82, 2.24) is 5.32 Å². The number of aliphatic hydroxyl groups excluding tert-OH is 2. The maximum absolute atomic E-state index is 11.5. The highest BCUT2D eigenvalue weighted by Gasteiger charge is 2.67. The number of aliphatic imine (C=N–C) groups is 1. The second kappa shape index (κ2) is 16.3. The van der Waals surface area contributed by atoms with E-state index in [1.165, 1.54) is 48.8 Å². The maximum Gasteiger partial charge on any atom is 0.190 e. The Kier molecular flexibility index (Phi) is 11.4. The van der Waals surface area contributed by atoms with E-state index in [1.807, 2.05) is 6.26 Å². The molecule has 0 unspecified atom stereocenters. The van der Waals surface area contributed by atoms with Crippen LogP contribution in [0, 0.1) is 40.4 Å². The third-order valence-corrected chi connectivity index (χ3v) is 17.3. The van der Waals surface area contributed by atoms with Crippen LogP contribution in [0.1, 0.15) is 140 Å². The lowest BCUT2D eigenvalue weighted by atomic mass is 9.46. The fraction of sp³-hybridized carbons (Fsp3) is 0.667. The minimum atomic E-state index is -0.725. The van der Waals surface area contributed by atoms with Crippen molar-refractivity contribution in [1.29, 1.82) is 0 Å². The molecule has 3 aromatic rings. The van der Waals surface area contributed by atoms with Gasteiger partial charge in [0.25, 0.3) is 0 Å². The van der Waals surface area contributed by atoms with E-state index in [0.717, 1.165) is 87.8 Å². The predicted molar refractivity (Wildman–Crippen MR) is 235 cm³/mol. The smallest absolute Gasteiger partial charge is 0.190 e. The summed E-state index contributed by atoms with van der Waals surface area (Å²) in [6, 6.07) is 16.9. The number of furan rings is 1. The topological polar surface area (TPSA) is 137 Å². The summed E-state index contributed by atoms with van der Waals surface area (Å²) in [7, 11) is 0. The first kappa shape index (κ1) is 41.2. The Morgan fingerprint density at radius 1 is 0.983 bits per heavy atom. The number of hydrogen-bond donors (Lipinski definition) is 5. The van der Waals surface area contributed by atoms with Crippen LogP contribution in [0.2, 0.25) is 0 Å². The van der Waals surface area contributed by atoms with Crippen LogP contribution in [-0.4, -0.2) is 57.5 Å². The number of epoxide rings is 1. The Morgan fingerprint density at radius 2 is 1.83 bits per heavy atom. The van der Waals surface area contributed by atoms with Gasteiger partial charge in [-0.05, 0) is 156 Å². The summed E-state index contributed by atoms with van der Waals surface area (Å²) in [4.78, 5) is 4.84. The Bertz CT molecular complexity index is 1980. The van der Waals surface area contributed by atoms with Crippen LogP contribution < -0.4 is 11.1 Å². The van der Waals surface area contributed by atoms with Crippen LogP contribution in [0.25, 0.3) is 10.8 Å². The number of nitrogens with two attached hydrogens (primary N) is 1. The number of aliphatic hydroxyl groups is 3. The van der Waals surface area contributed by atoms with Crippen molar-refractivity contribution >= 4 is 16.7 Å². The molecule has 1 aliphatic heterocycles. The number of nitrogens with zero attached hydrogens (tertiary/aromatic N) is 1. The lowest BCUT2D eigenvalue weighted by Gasteiger charge is -2.58. The van der Waals surface area contributed by atoms with Crippen molar-refractivity contribution in [3.8, 4) is 0 Å². The fourth-order valence-corrected chi connectivity index (χ4v) is 13.9. The number of guanidine groups is 1. The molecule has 1 aromatic heterocycles. The molecule has 2 heterocycles. The summed E-state index contributed by atoms with van der Waals surface area (Å²) in [5.41, 5.74) is 10.2. The molecule has 0 bridgehead atoms. The van der Waals surface area contributed by atoms with E-state index in [4.69, 9.17) is 26.5 Å². The van der Waals surface area contributed by atoms with E-state index in [0.29, 0.717) is 48.7 Å². The molecule has 8 nitrogen and oxygen atoms in total. The first-order valence-electron chi connectivity index (χ1n) is 23.3. The Balaban J connectivity index is 0.807. The average molecular weight is 806 g/mol. The van der Waals surface area contributed by atoms with Crippen LogP contribution >= 0.6 is 0 Å². The second-order valence-electron chi connectivity index (χ2n) is 21.1. The van der Waals surface area contributed by atoms with E-state index in [9.17, 15) is 15.3 Å². The van der Waals surface area contributed by atoms with Gasteiger partial charge in [-0.3, -0.25) is 4.99 Å². The summed E-state index contributed by atoms with van der Waals surface area (Å²) in [5.74, 6) is 2.94. The third-order valence-electron chi connectivity index (χ3n) is 17.3. The Hall–Kier alpha value is -3.17. The summed E-state index contributed by atoms with van der Waals surface area (Å²) in [6.07, 6.45) is 21.0. The van der Waals surface area contributed by atoms with E-state index >= 15 is 0 Å².